The van der Waals surface area contributed by atoms with Gasteiger partial charge in [-0.05, 0) is 23.8 Å². The molecule has 0 atom stereocenters. The minimum atomic E-state index is -0.102. The van der Waals surface area contributed by atoms with Crippen molar-refractivity contribution in [2.24, 2.45) is 0 Å². The van der Waals surface area contributed by atoms with E-state index in [4.69, 9.17) is 14.2 Å². The SMILES string of the molecule is COc1ccc(C(=Cc2ccccc2)C(=O)c2ccccc2)c(OC)c1OC. The van der Waals surface area contributed by atoms with Gasteiger partial charge in [-0.15, -0.1) is 0 Å². The molecule has 3 aromatic rings. The highest BCUT2D eigenvalue weighted by Crippen LogP contribution is 2.43. The fraction of sp³-hybridized carbons (Fsp3) is 0.125. The van der Waals surface area contributed by atoms with Crippen LogP contribution in [0.1, 0.15) is 21.5 Å². The van der Waals surface area contributed by atoms with E-state index in [1.807, 2.05) is 60.7 Å². The summed E-state index contributed by atoms with van der Waals surface area (Å²) in [5, 5.41) is 0. The number of hydrogen-bond donors (Lipinski definition) is 0. The topological polar surface area (TPSA) is 44.8 Å². The van der Waals surface area contributed by atoms with Crippen LogP contribution in [-0.4, -0.2) is 27.1 Å². The highest BCUT2D eigenvalue weighted by molar-refractivity contribution is 6.33. The van der Waals surface area contributed by atoms with Gasteiger partial charge in [-0.3, -0.25) is 4.79 Å². The van der Waals surface area contributed by atoms with Crippen LogP contribution in [0.25, 0.3) is 11.6 Å². The second-order valence-electron chi connectivity index (χ2n) is 6.05. The smallest absolute Gasteiger partial charge is 0.203 e. The van der Waals surface area contributed by atoms with Crippen molar-refractivity contribution in [2.45, 2.75) is 0 Å². The Kier molecular flexibility index (Phi) is 6.12. The second kappa shape index (κ2) is 8.91. The summed E-state index contributed by atoms with van der Waals surface area (Å²) < 4.78 is 16.5. The van der Waals surface area contributed by atoms with Gasteiger partial charge in [0.15, 0.2) is 17.3 Å². The molecule has 4 nitrogen and oxygen atoms in total. The Balaban J connectivity index is 2.23. The summed E-state index contributed by atoms with van der Waals surface area (Å²) in [6.07, 6.45) is 1.86. The summed E-state index contributed by atoms with van der Waals surface area (Å²) in [6, 6.07) is 22.5. The first-order valence-electron chi connectivity index (χ1n) is 8.85. The van der Waals surface area contributed by atoms with E-state index >= 15 is 0 Å². The molecule has 0 bridgehead atoms. The van der Waals surface area contributed by atoms with E-state index in [2.05, 4.69) is 0 Å². The molecule has 0 unspecified atom stereocenters. The molecule has 4 heteroatoms. The van der Waals surface area contributed by atoms with Gasteiger partial charge in [0.1, 0.15) is 0 Å². The van der Waals surface area contributed by atoms with E-state index in [-0.39, 0.29) is 5.78 Å². The molecule has 28 heavy (non-hydrogen) atoms. The van der Waals surface area contributed by atoms with Crippen LogP contribution in [-0.2, 0) is 0 Å². The number of ether oxygens (including phenoxy) is 3. The number of allylic oxidation sites excluding steroid dienone is 1. The first-order valence-corrected chi connectivity index (χ1v) is 8.85. The summed E-state index contributed by atoms with van der Waals surface area (Å²) >= 11 is 0. The van der Waals surface area contributed by atoms with Gasteiger partial charge in [0, 0.05) is 16.7 Å². The van der Waals surface area contributed by atoms with Gasteiger partial charge in [0.2, 0.25) is 5.75 Å². The first kappa shape index (κ1) is 19.2. The van der Waals surface area contributed by atoms with Crippen molar-refractivity contribution in [3.63, 3.8) is 0 Å². The minimum Gasteiger partial charge on any atom is -0.493 e. The lowest BCUT2D eigenvalue weighted by Crippen LogP contribution is -2.06. The third kappa shape index (κ3) is 3.91. The standard InChI is InChI=1S/C24H22O4/c1-26-21-15-14-19(23(27-2)24(21)28-3)20(16-17-10-6-4-7-11-17)22(25)18-12-8-5-9-13-18/h4-16H,1-3H3. The van der Waals surface area contributed by atoms with Crippen molar-refractivity contribution in [3.8, 4) is 17.2 Å². The van der Waals surface area contributed by atoms with Crippen LogP contribution >= 0.6 is 0 Å². The molecule has 0 aliphatic heterocycles. The Bertz CT molecular complexity index is 976. The number of methoxy groups -OCH3 is 3. The maximum absolute atomic E-state index is 13.4. The molecule has 0 fully saturated rings. The molecule has 142 valence electrons. The number of carbonyl (C=O) groups is 1. The van der Waals surface area contributed by atoms with E-state index in [1.165, 1.54) is 0 Å². The lowest BCUT2D eigenvalue weighted by molar-refractivity contribution is 0.105. The predicted molar refractivity (Wildman–Crippen MR) is 111 cm³/mol. The molecule has 0 saturated heterocycles. The van der Waals surface area contributed by atoms with Crippen molar-refractivity contribution in [3.05, 3.63) is 89.5 Å². The van der Waals surface area contributed by atoms with Crippen LogP contribution in [0.4, 0.5) is 0 Å². The quantitative estimate of drug-likeness (QED) is 0.326. The maximum atomic E-state index is 13.4. The summed E-state index contributed by atoms with van der Waals surface area (Å²) in [5.74, 6) is 1.33. The molecular formula is C24H22O4. The third-order valence-corrected chi connectivity index (χ3v) is 4.39. The van der Waals surface area contributed by atoms with Crippen LogP contribution in [0.3, 0.4) is 0 Å². The van der Waals surface area contributed by atoms with Gasteiger partial charge >= 0.3 is 0 Å². The van der Waals surface area contributed by atoms with Crippen molar-refractivity contribution in [1.82, 2.24) is 0 Å². The van der Waals surface area contributed by atoms with Crippen LogP contribution in [0.15, 0.2) is 72.8 Å². The zero-order valence-electron chi connectivity index (χ0n) is 16.1. The highest BCUT2D eigenvalue weighted by atomic mass is 16.5. The zero-order valence-corrected chi connectivity index (χ0v) is 16.1. The van der Waals surface area contributed by atoms with Crippen LogP contribution in [0.5, 0.6) is 17.2 Å². The summed E-state index contributed by atoms with van der Waals surface area (Å²) in [7, 11) is 4.66. The average molecular weight is 374 g/mol. The van der Waals surface area contributed by atoms with Gasteiger partial charge < -0.3 is 14.2 Å². The highest BCUT2D eigenvalue weighted by Gasteiger charge is 2.23. The molecule has 3 aromatic carbocycles. The summed E-state index contributed by atoms with van der Waals surface area (Å²) in [6.45, 7) is 0. The molecule has 0 heterocycles. The van der Waals surface area contributed by atoms with Crippen molar-refractivity contribution in [2.75, 3.05) is 21.3 Å². The van der Waals surface area contributed by atoms with Gasteiger partial charge in [0.25, 0.3) is 0 Å². The Morgan fingerprint density at radius 3 is 1.89 bits per heavy atom. The number of hydrogen-bond acceptors (Lipinski definition) is 4. The lowest BCUT2D eigenvalue weighted by atomic mass is 9.93. The Labute approximate surface area is 165 Å². The monoisotopic (exact) mass is 374 g/mol. The molecule has 0 spiro atoms. The van der Waals surface area contributed by atoms with Crippen molar-refractivity contribution >= 4 is 17.4 Å². The first-order chi connectivity index (χ1) is 13.7. The lowest BCUT2D eigenvalue weighted by Gasteiger charge is -2.17. The van der Waals surface area contributed by atoms with E-state index in [9.17, 15) is 4.79 Å². The molecule has 0 saturated carbocycles. The maximum Gasteiger partial charge on any atom is 0.203 e. The van der Waals surface area contributed by atoms with Gasteiger partial charge in [-0.2, -0.15) is 0 Å². The van der Waals surface area contributed by atoms with Gasteiger partial charge in [0.05, 0.1) is 21.3 Å². The fourth-order valence-corrected chi connectivity index (χ4v) is 3.04. The third-order valence-electron chi connectivity index (χ3n) is 4.39. The Morgan fingerprint density at radius 1 is 0.714 bits per heavy atom. The predicted octanol–water partition coefficient (Wildman–Crippen LogP) is 5.14. The van der Waals surface area contributed by atoms with Gasteiger partial charge in [-0.1, -0.05) is 60.7 Å². The van der Waals surface area contributed by atoms with Crippen molar-refractivity contribution in [1.29, 1.82) is 0 Å². The molecule has 0 amide bonds. The van der Waals surface area contributed by atoms with Crippen molar-refractivity contribution < 1.29 is 19.0 Å². The molecule has 0 radical (unpaired) electrons. The molecule has 0 N–H and O–H groups in total. The second-order valence-corrected chi connectivity index (χ2v) is 6.05. The van der Waals surface area contributed by atoms with E-state index in [1.54, 1.807) is 39.5 Å². The normalized spacial score (nSPS) is 11.0. The molecular weight excluding hydrogens is 352 g/mol. The molecule has 0 aromatic heterocycles. The van der Waals surface area contributed by atoms with Crippen LogP contribution in [0, 0.1) is 0 Å². The zero-order chi connectivity index (χ0) is 19.9. The Hall–Kier alpha value is -3.53. The van der Waals surface area contributed by atoms with E-state index in [0.717, 1.165) is 5.56 Å². The Morgan fingerprint density at radius 2 is 1.32 bits per heavy atom. The number of benzene rings is 3. The van der Waals surface area contributed by atoms with Crippen LogP contribution in [0.2, 0.25) is 0 Å². The van der Waals surface area contributed by atoms with E-state index < -0.39 is 0 Å². The number of carbonyl (C=O) groups excluding carboxylic acids is 1. The number of ketones is 1. The molecule has 3 rings (SSSR count). The van der Waals surface area contributed by atoms with Gasteiger partial charge in [-0.25, -0.2) is 0 Å². The molecule has 0 aliphatic rings. The fourth-order valence-electron chi connectivity index (χ4n) is 3.04. The number of Topliss-reactive ketones (excluding diaryl/α,β-unsaturated/α-hetero) is 1. The summed E-state index contributed by atoms with van der Waals surface area (Å²) in [4.78, 5) is 13.4. The van der Waals surface area contributed by atoms with Crippen LogP contribution < -0.4 is 14.2 Å². The largest absolute Gasteiger partial charge is 0.493 e. The minimum absolute atomic E-state index is 0.102. The van der Waals surface area contributed by atoms with E-state index in [0.29, 0.717) is 33.9 Å². The molecule has 0 aliphatic carbocycles. The average Bonchev–Trinajstić information content (AvgIpc) is 2.77. The number of rotatable bonds is 7. The summed E-state index contributed by atoms with van der Waals surface area (Å²) in [5.41, 5.74) is 2.66.